The molecule has 0 bridgehead atoms. The molecule has 0 aliphatic carbocycles. The average Bonchev–Trinajstić information content (AvgIpc) is 0.722. The first-order valence-corrected chi connectivity index (χ1v) is 2.00. The van der Waals surface area contributed by atoms with E-state index in [-0.39, 0.29) is 93.8 Å². The Hall–Kier alpha value is 2.83. The van der Waals surface area contributed by atoms with E-state index in [0.29, 0.717) is 0 Å². The monoisotopic (exact) mass is 274 g/mol. The van der Waals surface area contributed by atoms with E-state index in [1.807, 2.05) is 0 Å². The third-order valence-corrected chi connectivity index (χ3v) is 0. The molecule has 7 heteroatoms. The minimum absolute atomic E-state index is 0. The van der Waals surface area contributed by atoms with Crippen LogP contribution in [0.3, 0.4) is 0 Å². The summed E-state index contributed by atoms with van der Waals surface area (Å²) in [5.41, 5.74) is 0. The van der Waals surface area contributed by atoms with Gasteiger partial charge in [0.2, 0.25) is 0 Å². The van der Waals surface area contributed by atoms with Gasteiger partial charge in [-0.15, -0.1) is 0 Å². The summed E-state index contributed by atoms with van der Waals surface area (Å²) in [6, 6.07) is 0. The molecule has 0 atom stereocenters. The maximum absolute atomic E-state index is 8.52. The zero-order valence-corrected chi connectivity index (χ0v) is 11.2. The molecular formula is H2O4SSr2. The molecule has 0 saturated carbocycles. The molecule has 0 amide bonds. The number of hydrogen-bond acceptors (Lipinski definition) is 4. The summed E-state index contributed by atoms with van der Waals surface area (Å²) in [6.07, 6.45) is 0. The van der Waals surface area contributed by atoms with Crippen LogP contribution in [0, 0.1) is 0 Å². The van der Waals surface area contributed by atoms with E-state index in [2.05, 4.69) is 0 Å². The van der Waals surface area contributed by atoms with Gasteiger partial charge >= 0.3 is 91.0 Å². The molecule has 0 spiro atoms. The van der Waals surface area contributed by atoms with Crippen LogP contribution in [-0.4, -0.2) is 108 Å². The summed E-state index contributed by atoms with van der Waals surface area (Å²) in [5.74, 6) is 0. The van der Waals surface area contributed by atoms with Gasteiger partial charge in [-0.1, -0.05) is 0 Å². The van der Waals surface area contributed by atoms with E-state index in [4.69, 9.17) is 17.5 Å². The fourth-order valence-corrected chi connectivity index (χ4v) is 0. The zero-order valence-electron chi connectivity index (χ0n) is 5.46. The van der Waals surface area contributed by atoms with Gasteiger partial charge in [0.15, 0.2) is 0 Å². The fourth-order valence-electron chi connectivity index (χ4n) is 0. The second-order valence-electron chi connectivity index (χ2n) is 0.408. The van der Waals surface area contributed by atoms with Gasteiger partial charge in [0.25, 0.3) is 0 Å². The molecule has 0 radical (unpaired) electrons. The first-order chi connectivity index (χ1) is 2.00. The van der Waals surface area contributed by atoms with Crippen LogP contribution >= 0.6 is 0 Å². The van der Waals surface area contributed by atoms with Crippen molar-refractivity contribution in [2.24, 2.45) is 0 Å². The van der Waals surface area contributed by atoms with Crippen molar-refractivity contribution in [3.63, 3.8) is 0 Å². The molecule has 4 nitrogen and oxygen atoms in total. The first-order valence-electron chi connectivity index (χ1n) is 0.667. The van der Waals surface area contributed by atoms with Crippen LogP contribution in [0.2, 0.25) is 0 Å². The predicted molar refractivity (Wildman–Crippen MR) is 24.2 cm³/mol. The van der Waals surface area contributed by atoms with Crippen molar-refractivity contribution in [3.05, 3.63) is 0 Å². The molecule has 36 valence electrons. The summed E-state index contributed by atoms with van der Waals surface area (Å²) in [4.78, 5) is 0. The van der Waals surface area contributed by atoms with Crippen LogP contribution in [0.4, 0.5) is 0 Å². The smallest absolute Gasteiger partial charge is 1.00 e. The SMILES string of the molecule is O=S(=O)([O-])[O-].[H-].[H-].[Sr+2].[Sr+2]. The maximum Gasteiger partial charge on any atom is 2.00 e. The van der Waals surface area contributed by atoms with Gasteiger partial charge in [0, 0.05) is 10.4 Å². The van der Waals surface area contributed by atoms with E-state index < -0.39 is 10.4 Å². The van der Waals surface area contributed by atoms with E-state index in [1.54, 1.807) is 0 Å². The van der Waals surface area contributed by atoms with Crippen molar-refractivity contribution in [2.75, 3.05) is 0 Å². The minimum atomic E-state index is -5.17. The second kappa shape index (κ2) is 6.94. The van der Waals surface area contributed by atoms with Gasteiger partial charge in [-0.2, -0.15) is 0 Å². The van der Waals surface area contributed by atoms with Crippen molar-refractivity contribution in [1.82, 2.24) is 0 Å². The van der Waals surface area contributed by atoms with Crippen LogP contribution in [0.15, 0.2) is 0 Å². The Kier molecular flexibility index (Phi) is 16.3. The molecule has 0 aromatic rings. The molecular weight excluding hydrogens is 271 g/mol. The van der Waals surface area contributed by atoms with Crippen molar-refractivity contribution in [1.29, 1.82) is 0 Å². The van der Waals surface area contributed by atoms with Crippen molar-refractivity contribution in [3.8, 4) is 0 Å². The quantitative estimate of drug-likeness (QED) is 0.294. The summed E-state index contributed by atoms with van der Waals surface area (Å²) in [6.45, 7) is 0. The molecule has 0 rings (SSSR count). The Labute approximate surface area is 119 Å². The summed E-state index contributed by atoms with van der Waals surface area (Å²) >= 11 is 0. The Morgan fingerprint density at radius 3 is 1.14 bits per heavy atom. The number of rotatable bonds is 0. The van der Waals surface area contributed by atoms with Crippen LogP contribution in [0.1, 0.15) is 2.85 Å². The average molecular weight is 273 g/mol. The predicted octanol–water partition coefficient (Wildman–Crippen LogP) is -1.87. The first kappa shape index (κ1) is 16.4. The molecule has 0 fully saturated rings. The summed E-state index contributed by atoms with van der Waals surface area (Å²) in [5, 5.41) is 0. The normalized spacial score (nSPS) is 8.29. The Bertz CT molecular complexity index is 99.7. The molecule has 0 aliphatic heterocycles. The molecule has 0 aliphatic rings. The third kappa shape index (κ3) is 51.4. The van der Waals surface area contributed by atoms with Crippen molar-refractivity contribution >= 4 is 101 Å². The van der Waals surface area contributed by atoms with Gasteiger partial charge in [-0.3, -0.25) is 8.42 Å². The van der Waals surface area contributed by atoms with Gasteiger partial charge < -0.3 is 12.0 Å². The molecule has 0 heterocycles. The van der Waals surface area contributed by atoms with Crippen molar-refractivity contribution in [2.45, 2.75) is 0 Å². The topological polar surface area (TPSA) is 80.3 Å². The maximum atomic E-state index is 8.52. The third-order valence-electron chi connectivity index (χ3n) is 0. The summed E-state index contributed by atoms with van der Waals surface area (Å²) in [7, 11) is -5.17. The summed E-state index contributed by atoms with van der Waals surface area (Å²) < 4.78 is 34.1. The van der Waals surface area contributed by atoms with Crippen LogP contribution < -0.4 is 0 Å². The largest absolute Gasteiger partial charge is 2.00 e. The Morgan fingerprint density at radius 2 is 1.14 bits per heavy atom. The molecule has 7 heavy (non-hydrogen) atoms. The molecule has 0 N–H and O–H groups in total. The molecule has 0 unspecified atom stereocenters. The number of hydrogen-bond donors (Lipinski definition) is 0. The standard InChI is InChI=1S/H2O4S.2Sr.2H/c1-5(2,3)4;;;;/h(H2,1,2,3,4);;;;/q;2*+2;2*-1/p-2. The van der Waals surface area contributed by atoms with E-state index in [9.17, 15) is 0 Å². The van der Waals surface area contributed by atoms with Gasteiger partial charge in [0.05, 0.1) is 0 Å². The zero-order chi connectivity index (χ0) is 4.50. The van der Waals surface area contributed by atoms with Gasteiger partial charge in [-0.25, -0.2) is 0 Å². The van der Waals surface area contributed by atoms with Crippen LogP contribution in [-0.2, 0) is 10.4 Å². The van der Waals surface area contributed by atoms with Crippen molar-refractivity contribution < 1.29 is 20.4 Å². The minimum Gasteiger partial charge on any atom is -1.00 e. The molecule has 0 aromatic carbocycles. The van der Waals surface area contributed by atoms with Crippen LogP contribution in [0.25, 0.3) is 0 Å². The van der Waals surface area contributed by atoms with Crippen LogP contribution in [0.5, 0.6) is 0 Å². The Balaban J connectivity index is -0.0000000133. The molecule has 0 saturated heterocycles. The van der Waals surface area contributed by atoms with E-state index >= 15 is 0 Å². The molecule has 0 aromatic heterocycles. The Morgan fingerprint density at radius 1 is 1.14 bits per heavy atom. The fraction of sp³-hybridized carbons (Fsp3) is 0. The van der Waals surface area contributed by atoms with E-state index in [0.717, 1.165) is 0 Å². The second-order valence-corrected chi connectivity index (χ2v) is 1.22. The van der Waals surface area contributed by atoms with Gasteiger partial charge in [0.1, 0.15) is 0 Å². The van der Waals surface area contributed by atoms with Gasteiger partial charge in [-0.05, 0) is 0 Å². The van der Waals surface area contributed by atoms with E-state index in [1.165, 1.54) is 0 Å².